The van der Waals surface area contributed by atoms with Crippen molar-refractivity contribution in [3.63, 3.8) is 0 Å². The zero-order chi connectivity index (χ0) is 17.9. The molecule has 0 fully saturated rings. The van der Waals surface area contributed by atoms with Crippen molar-refractivity contribution in [3.05, 3.63) is 0 Å². The van der Waals surface area contributed by atoms with Gasteiger partial charge in [0.25, 0.3) is 0 Å². The van der Waals surface area contributed by atoms with Gasteiger partial charge in [0.05, 0.1) is 6.61 Å². The van der Waals surface area contributed by atoms with Crippen LogP contribution < -0.4 is 0 Å². The maximum atomic E-state index is 13.8. The Labute approximate surface area is 141 Å². The van der Waals surface area contributed by atoms with Crippen LogP contribution in [0.2, 0.25) is 0 Å². The lowest BCUT2D eigenvalue weighted by molar-refractivity contribution is -0.175. The largest absolute Gasteiger partial charge is 0.461 e. The van der Waals surface area contributed by atoms with Crippen LogP contribution in [0.3, 0.4) is 0 Å². The van der Waals surface area contributed by atoms with Gasteiger partial charge in [0.1, 0.15) is 0 Å². The third-order valence-corrected chi connectivity index (χ3v) is 4.38. The minimum Gasteiger partial charge on any atom is -0.461 e. The summed E-state index contributed by atoms with van der Waals surface area (Å²) in [5.41, 5.74) is 0. The average molecular weight is 334 g/mol. The summed E-state index contributed by atoms with van der Waals surface area (Å²) in [7, 11) is 0. The number of rotatable bonds is 13. The second-order valence-electron chi connectivity index (χ2n) is 7.44. The molecule has 0 heterocycles. The van der Waals surface area contributed by atoms with Crippen LogP contribution in [-0.4, -0.2) is 18.5 Å². The van der Waals surface area contributed by atoms with Gasteiger partial charge in [0, 0.05) is 6.42 Å². The average Bonchev–Trinajstić information content (AvgIpc) is 2.45. The van der Waals surface area contributed by atoms with Crippen LogP contribution in [0.25, 0.3) is 0 Å². The Kier molecular flexibility index (Phi) is 11.5. The van der Waals surface area contributed by atoms with E-state index in [4.69, 9.17) is 4.74 Å². The molecule has 0 radical (unpaired) electrons. The van der Waals surface area contributed by atoms with Gasteiger partial charge < -0.3 is 4.74 Å². The molecule has 0 aliphatic heterocycles. The highest BCUT2D eigenvalue weighted by Gasteiger charge is 2.40. The summed E-state index contributed by atoms with van der Waals surface area (Å²) < 4.78 is 32.6. The number of halogens is 2. The predicted octanol–water partition coefficient (Wildman–Crippen LogP) is 6.23. The SMILES string of the molecule is CCCCCCCC(F)(F)C(=O)OCC(CCC(C)C)C(C)C. The van der Waals surface area contributed by atoms with Crippen LogP contribution in [-0.2, 0) is 9.53 Å². The van der Waals surface area contributed by atoms with Crippen molar-refractivity contribution in [3.8, 4) is 0 Å². The van der Waals surface area contributed by atoms with Gasteiger partial charge in [-0.2, -0.15) is 8.78 Å². The van der Waals surface area contributed by atoms with E-state index in [1.54, 1.807) is 0 Å². The molecule has 0 amide bonds. The third-order valence-electron chi connectivity index (χ3n) is 4.38. The maximum absolute atomic E-state index is 13.8. The van der Waals surface area contributed by atoms with Crippen LogP contribution >= 0.6 is 0 Å². The smallest absolute Gasteiger partial charge is 0.376 e. The summed E-state index contributed by atoms with van der Waals surface area (Å²) in [5, 5.41) is 0. The summed E-state index contributed by atoms with van der Waals surface area (Å²) in [4.78, 5) is 11.7. The fraction of sp³-hybridized carbons (Fsp3) is 0.947. The van der Waals surface area contributed by atoms with Crippen molar-refractivity contribution >= 4 is 5.97 Å². The first-order valence-electron chi connectivity index (χ1n) is 9.25. The van der Waals surface area contributed by atoms with E-state index >= 15 is 0 Å². The summed E-state index contributed by atoms with van der Waals surface area (Å²) in [5.74, 6) is -3.64. The lowest BCUT2D eigenvalue weighted by atomic mass is 9.89. The van der Waals surface area contributed by atoms with Crippen LogP contribution in [0.1, 0.15) is 86.0 Å². The maximum Gasteiger partial charge on any atom is 0.376 e. The second-order valence-corrected chi connectivity index (χ2v) is 7.44. The molecule has 1 unspecified atom stereocenters. The Balaban J connectivity index is 4.20. The van der Waals surface area contributed by atoms with Crippen molar-refractivity contribution in [2.45, 2.75) is 91.9 Å². The number of esters is 1. The monoisotopic (exact) mass is 334 g/mol. The summed E-state index contributed by atoms with van der Waals surface area (Å²) >= 11 is 0. The topological polar surface area (TPSA) is 26.3 Å². The van der Waals surface area contributed by atoms with E-state index in [0.29, 0.717) is 18.3 Å². The fourth-order valence-corrected chi connectivity index (χ4v) is 2.50. The van der Waals surface area contributed by atoms with E-state index < -0.39 is 18.3 Å². The first-order chi connectivity index (χ1) is 10.7. The van der Waals surface area contributed by atoms with Gasteiger partial charge >= 0.3 is 11.9 Å². The molecule has 0 saturated heterocycles. The van der Waals surface area contributed by atoms with Crippen molar-refractivity contribution in [2.24, 2.45) is 17.8 Å². The van der Waals surface area contributed by atoms with Gasteiger partial charge in [-0.3, -0.25) is 0 Å². The van der Waals surface area contributed by atoms with E-state index in [-0.39, 0.29) is 12.5 Å². The molecule has 0 aromatic heterocycles. The fourth-order valence-electron chi connectivity index (χ4n) is 2.50. The Morgan fingerprint density at radius 2 is 1.61 bits per heavy atom. The van der Waals surface area contributed by atoms with E-state index in [0.717, 1.165) is 38.5 Å². The molecule has 0 bridgehead atoms. The van der Waals surface area contributed by atoms with Gasteiger partial charge in [0.2, 0.25) is 0 Å². The molecule has 0 aliphatic carbocycles. The normalized spacial score (nSPS) is 13.6. The first kappa shape index (κ1) is 22.3. The number of hydrogen-bond acceptors (Lipinski definition) is 2. The number of unbranched alkanes of at least 4 members (excludes halogenated alkanes) is 4. The number of ether oxygens (including phenoxy) is 1. The lowest BCUT2D eigenvalue weighted by Gasteiger charge is -2.23. The summed E-state index contributed by atoms with van der Waals surface area (Å²) in [6.07, 6.45) is 5.75. The molecule has 0 aliphatic rings. The van der Waals surface area contributed by atoms with Crippen molar-refractivity contribution in [1.82, 2.24) is 0 Å². The molecule has 0 saturated carbocycles. The molecule has 2 nitrogen and oxygen atoms in total. The highest BCUT2D eigenvalue weighted by atomic mass is 19.3. The van der Waals surface area contributed by atoms with Gasteiger partial charge in [-0.25, -0.2) is 4.79 Å². The molecule has 0 aromatic rings. The summed E-state index contributed by atoms with van der Waals surface area (Å²) in [6.45, 7) is 10.5. The van der Waals surface area contributed by atoms with Crippen molar-refractivity contribution in [2.75, 3.05) is 6.61 Å². The van der Waals surface area contributed by atoms with Crippen molar-refractivity contribution in [1.29, 1.82) is 0 Å². The van der Waals surface area contributed by atoms with Gasteiger partial charge in [0.15, 0.2) is 0 Å². The summed E-state index contributed by atoms with van der Waals surface area (Å²) in [6, 6.07) is 0. The van der Waals surface area contributed by atoms with Crippen LogP contribution in [0, 0.1) is 17.8 Å². The molecule has 0 spiro atoms. The van der Waals surface area contributed by atoms with Crippen LogP contribution in [0.4, 0.5) is 8.78 Å². The second kappa shape index (κ2) is 11.8. The predicted molar refractivity (Wildman–Crippen MR) is 91.7 cm³/mol. The van der Waals surface area contributed by atoms with Crippen molar-refractivity contribution < 1.29 is 18.3 Å². The van der Waals surface area contributed by atoms with Crippen LogP contribution in [0.15, 0.2) is 0 Å². The quantitative estimate of drug-likeness (QED) is 0.294. The minimum absolute atomic E-state index is 0.106. The molecule has 1 atom stereocenters. The Morgan fingerprint density at radius 1 is 1.00 bits per heavy atom. The Hall–Kier alpha value is -0.670. The number of carbonyl (C=O) groups excluding carboxylic acids is 1. The Bertz CT molecular complexity index is 314. The van der Waals surface area contributed by atoms with Gasteiger partial charge in [-0.15, -0.1) is 0 Å². The highest BCUT2D eigenvalue weighted by molar-refractivity contribution is 5.77. The molecule has 0 N–H and O–H groups in total. The van der Waals surface area contributed by atoms with E-state index in [1.807, 2.05) is 13.8 Å². The number of hydrogen-bond donors (Lipinski definition) is 0. The molecule has 23 heavy (non-hydrogen) atoms. The lowest BCUT2D eigenvalue weighted by Crippen LogP contribution is -2.33. The first-order valence-corrected chi connectivity index (χ1v) is 9.25. The number of alkyl halides is 2. The Morgan fingerprint density at radius 3 is 2.13 bits per heavy atom. The van der Waals surface area contributed by atoms with E-state index in [9.17, 15) is 13.6 Å². The minimum atomic E-state index is -3.34. The van der Waals surface area contributed by atoms with Gasteiger partial charge in [-0.05, 0) is 30.6 Å². The number of carbonyl (C=O) groups is 1. The molecular weight excluding hydrogens is 298 g/mol. The molecule has 0 rings (SSSR count). The zero-order valence-corrected chi connectivity index (χ0v) is 15.7. The van der Waals surface area contributed by atoms with E-state index in [1.165, 1.54) is 0 Å². The van der Waals surface area contributed by atoms with E-state index in [2.05, 4.69) is 20.8 Å². The molecule has 4 heteroatoms. The third kappa shape index (κ3) is 10.7. The molecule has 0 aromatic carbocycles. The standard InChI is InChI=1S/C19H36F2O2/c1-6-7-8-9-10-13-19(20,21)18(22)23-14-17(16(4)5)12-11-15(2)3/h15-17H,6-14H2,1-5H3. The zero-order valence-electron chi connectivity index (χ0n) is 15.7. The van der Waals surface area contributed by atoms with Crippen LogP contribution in [0.5, 0.6) is 0 Å². The molecule has 138 valence electrons. The van der Waals surface area contributed by atoms with Gasteiger partial charge in [-0.1, -0.05) is 66.7 Å². The highest BCUT2D eigenvalue weighted by Crippen LogP contribution is 2.26. The molecular formula is C19H36F2O2.